The Morgan fingerprint density at radius 2 is 1.92 bits per heavy atom. The zero-order valence-corrected chi connectivity index (χ0v) is 29.8. The van der Waals surface area contributed by atoms with Gasteiger partial charge in [0.2, 0.25) is 5.91 Å². The molecular weight excluding hydrogens is 661 g/mol. The van der Waals surface area contributed by atoms with E-state index in [1.165, 1.54) is 30.3 Å². The number of aromatic nitrogens is 2. The van der Waals surface area contributed by atoms with Crippen LogP contribution in [0.2, 0.25) is 10.0 Å². The van der Waals surface area contributed by atoms with Crippen molar-refractivity contribution >= 4 is 34.9 Å². The first-order valence-corrected chi connectivity index (χ1v) is 16.5. The van der Waals surface area contributed by atoms with E-state index in [9.17, 15) is 15.2 Å². The predicted molar refractivity (Wildman–Crippen MR) is 183 cm³/mol. The highest BCUT2D eigenvalue weighted by atomic mass is 35.5. The highest BCUT2D eigenvalue weighted by Gasteiger charge is 2.61. The second kappa shape index (κ2) is 14.8. The summed E-state index contributed by atoms with van der Waals surface area (Å²) < 4.78 is 39.3. The molecule has 0 bridgehead atoms. The van der Waals surface area contributed by atoms with Gasteiger partial charge in [0.25, 0.3) is 0 Å². The van der Waals surface area contributed by atoms with Gasteiger partial charge in [-0.25, -0.2) is 8.78 Å². The molecule has 1 fully saturated rings. The molecule has 4 unspecified atom stereocenters. The molecule has 0 saturated carbocycles. The minimum Gasteiger partial charge on any atom is -0.389 e. The number of nitrogens with zero attached hydrogens (tertiary/aromatic N) is 4. The molecular formula is C35H44Cl2F2N6O3. The van der Waals surface area contributed by atoms with Crippen molar-refractivity contribution in [2.45, 2.75) is 82.7 Å². The summed E-state index contributed by atoms with van der Waals surface area (Å²) in [5.74, 6) is -3.10. The second-order valence-electron chi connectivity index (χ2n) is 14.6. The Morgan fingerprint density at radius 1 is 1.21 bits per heavy atom. The molecule has 5 atom stereocenters. The van der Waals surface area contributed by atoms with Crippen molar-refractivity contribution in [1.29, 1.82) is 5.26 Å². The standard InChI is InChI=1S/C35H44Cl2F2N6O3/c1-33(2,3)16-27-35(19-40,24-12-11-21(36)15-26(24)38)29(23-9-8-10-25(37)30(23)39)31(41-27)32(47)42-28-13-14-45(43-28)20-34(4,5)48-18-22(46)17-44(6)7/h8-15,22,27,29,31,41,46H,16-18,20H2,1-7H3,(H,42,43,47)/t22-,27?,29?,31?,35?/m1/s1. The lowest BCUT2D eigenvalue weighted by Gasteiger charge is -2.37. The van der Waals surface area contributed by atoms with Crippen LogP contribution in [0, 0.1) is 28.4 Å². The van der Waals surface area contributed by atoms with Crippen LogP contribution in [0.5, 0.6) is 0 Å². The van der Waals surface area contributed by atoms with Crippen LogP contribution < -0.4 is 10.6 Å². The lowest BCUT2D eigenvalue weighted by Crippen LogP contribution is -2.45. The van der Waals surface area contributed by atoms with Crippen LogP contribution >= 0.6 is 23.2 Å². The number of likely N-dealkylation sites (N-methyl/N-ethyl adjacent to an activating group) is 1. The average molecular weight is 706 g/mol. The predicted octanol–water partition coefficient (Wildman–Crippen LogP) is 6.15. The molecule has 1 amide bonds. The molecule has 3 N–H and O–H groups in total. The largest absolute Gasteiger partial charge is 0.389 e. The minimum absolute atomic E-state index is 0.00182. The van der Waals surface area contributed by atoms with Gasteiger partial charge in [-0.15, -0.1) is 0 Å². The highest BCUT2D eigenvalue weighted by Crippen LogP contribution is 2.52. The summed E-state index contributed by atoms with van der Waals surface area (Å²) in [5.41, 5.74) is -2.81. The number of anilines is 1. The first-order valence-electron chi connectivity index (χ1n) is 15.7. The number of carbonyl (C=O) groups is 1. The Morgan fingerprint density at radius 3 is 2.54 bits per heavy atom. The summed E-state index contributed by atoms with van der Waals surface area (Å²) in [4.78, 5) is 16.0. The number of aliphatic hydroxyl groups is 1. The molecule has 4 rings (SSSR count). The molecule has 1 aromatic heterocycles. The number of aliphatic hydroxyl groups excluding tert-OH is 1. The highest BCUT2D eigenvalue weighted by molar-refractivity contribution is 6.31. The fourth-order valence-electron chi connectivity index (χ4n) is 6.51. The number of hydrogen-bond donors (Lipinski definition) is 3. The van der Waals surface area contributed by atoms with Crippen molar-refractivity contribution in [2.24, 2.45) is 5.41 Å². The summed E-state index contributed by atoms with van der Waals surface area (Å²) in [6.07, 6.45) is 1.36. The van der Waals surface area contributed by atoms with Crippen LogP contribution in [0.1, 0.15) is 58.1 Å². The molecule has 0 spiro atoms. The molecule has 1 aliphatic rings. The zero-order valence-electron chi connectivity index (χ0n) is 28.3. The number of hydrogen-bond acceptors (Lipinski definition) is 7. The molecule has 3 aromatic rings. The van der Waals surface area contributed by atoms with Gasteiger partial charge in [-0.1, -0.05) is 62.2 Å². The van der Waals surface area contributed by atoms with E-state index in [1.54, 1.807) is 16.9 Å². The number of ether oxygens (including phenoxy) is 1. The van der Waals surface area contributed by atoms with Gasteiger partial charge in [0.15, 0.2) is 5.82 Å². The van der Waals surface area contributed by atoms with Crippen molar-refractivity contribution < 1.29 is 23.4 Å². The van der Waals surface area contributed by atoms with E-state index in [0.717, 1.165) is 6.07 Å². The summed E-state index contributed by atoms with van der Waals surface area (Å²) >= 11 is 12.3. The summed E-state index contributed by atoms with van der Waals surface area (Å²) in [7, 11) is 3.73. The van der Waals surface area contributed by atoms with Crippen LogP contribution in [-0.2, 0) is 21.5 Å². The minimum atomic E-state index is -1.74. The van der Waals surface area contributed by atoms with E-state index >= 15 is 8.78 Å². The fourth-order valence-corrected chi connectivity index (χ4v) is 6.85. The van der Waals surface area contributed by atoms with Gasteiger partial charge in [0.05, 0.1) is 42.0 Å². The molecule has 1 aliphatic heterocycles. The van der Waals surface area contributed by atoms with Gasteiger partial charge < -0.3 is 25.4 Å². The monoisotopic (exact) mass is 704 g/mol. The maximum absolute atomic E-state index is 15.9. The van der Waals surface area contributed by atoms with Crippen molar-refractivity contribution in [3.63, 3.8) is 0 Å². The van der Waals surface area contributed by atoms with Crippen molar-refractivity contribution in [3.05, 3.63) is 81.5 Å². The SMILES string of the molecule is CN(C)C[C@@H](O)COC(C)(C)Cn1ccc(NC(=O)C2NC(CC(C)(C)C)C(C#N)(c3ccc(Cl)cc3F)C2c2cccc(Cl)c2F)n1. The van der Waals surface area contributed by atoms with E-state index in [-0.39, 0.29) is 39.0 Å². The van der Waals surface area contributed by atoms with Crippen LogP contribution in [0.15, 0.2) is 48.7 Å². The molecule has 260 valence electrons. The smallest absolute Gasteiger partial charge is 0.243 e. The number of nitrogens with one attached hydrogen (secondary N) is 2. The van der Waals surface area contributed by atoms with Gasteiger partial charge >= 0.3 is 0 Å². The first-order chi connectivity index (χ1) is 22.4. The molecule has 2 aromatic carbocycles. The lowest BCUT2D eigenvalue weighted by molar-refractivity contribution is -0.118. The van der Waals surface area contributed by atoms with Gasteiger partial charge in [0.1, 0.15) is 17.0 Å². The van der Waals surface area contributed by atoms with Gasteiger partial charge in [-0.05, 0) is 63.5 Å². The van der Waals surface area contributed by atoms with E-state index in [1.807, 2.05) is 53.6 Å². The molecule has 2 heterocycles. The Labute approximate surface area is 291 Å². The van der Waals surface area contributed by atoms with Gasteiger partial charge in [-0.3, -0.25) is 9.48 Å². The number of benzene rings is 2. The third kappa shape index (κ3) is 8.54. The fraction of sp³-hybridized carbons (Fsp3) is 0.514. The average Bonchev–Trinajstić information content (AvgIpc) is 3.53. The van der Waals surface area contributed by atoms with Gasteiger partial charge in [0, 0.05) is 41.4 Å². The number of carbonyl (C=O) groups excluding carboxylic acids is 1. The van der Waals surface area contributed by atoms with Crippen LogP contribution in [0.25, 0.3) is 0 Å². The maximum atomic E-state index is 15.9. The van der Waals surface area contributed by atoms with Crippen LogP contribution in [0.4, 0.5) is 14.6 Å². The second-order valence-corrected chi connectivity index (χ2v) is 15.4. The van der Waals surface area contributed by atoms with E-state index in [2.05, 4.69) is 21.8 Å². The maximum Gasteiger partial charge on any atom is 0.243 e. The quantitative estimate of drug-likeness (QED) is 0.207. The lowest BCUT2D eigenvalue weighted by atomic mass is 9.62. The zero-order chi connectivity index (χ0) is 35.6. The summed E-state index contributed by atoms with van der Waals surface area (Å²) in [5, 5.41) is 31.8. The molecule has 0 aliphatic carbocycles. The van der Waals surface area contributed by atoms with Crippen LogP contribution in [-0.4, -0.2) is 76.7 Å². The third-order valence-electron chi connectivity index (χ3n) is 8.41. The molecule has 9 nitrogen and oxygen atoms in total. The van der Waals surface area contributed by atoms with Crippen molar-refractivity contribution in [2.75, 3.05) is 32.6 Å². The molecule has 13 heteroatoms. The van der Waals surface area contributed by atoms with Crippen LogP contribution in [0.3, 0.4) is 0 Å². The Bertz CT molecular complexity index is 1650. The van der Waals surface area contributed by atoms with Crippen molar-refractivity contribution in [3.8, 4) is 6.07 Å². The van der Waals surface area contributed by atoms with E-state index in [4.69, 9.17) is 27.9 Å². The summed E-state index contributed by atoms with van der Waals surface area (Å²) in [6, 6.07) is 10.4. The van der Waals surface area contributed by atoms with Gasteiger partial charge in [-0.2, -0.15) is 10.4 Å². The Kier molecular flexibility index (Phi) is 11.6. The molecule has 1 saturated heterocycles. The number of rotatable bonds is 12. The number of amides is 1. The summed E-state index contributed by atoms with van der Waals surface area (Å²) in [6.45, 7) is 10.6. The number of halogens is 4. The topological polar surface area (TPSA) is 115 Å². The molecule has 48 heavy (non-hydrogen) atoms. The van der Waals surface area contributed by atoms with Crippen molar-refractivity contribution in [1.82, 2.24) is 20.0 Å². The normalized spacial score (nSPS) is 22.1. The van der Waals surface area contributed by atoms with E-state index in [0.29, 0.717) is 19.5 Å². The Balaban J connectivity index is 1.71. The number of nitriles is 1. The molecule has 0 radical (unpaired) electrons. The third-order valence-corrected chi connectivity index (χ3v) is 8.94. The first kappa shape index (κ1) is 37.7. The van der Waals surface area contributed by atoms with E-state index < -0.39 is 52.7 Å². The Hall–Kier alpha value is -3.11.